The predicted molar refractivity (Wildman–Crippen MR) is 66.9 cm³/mol. The minimum absolute atomic E-state index is 0.458. The van der Waals surface area contributed by atoms with Crippen molar-refractivity contribution in [3.63, 3.8) is 0 Å². The average molecular weight is 215 g/mol. The van der Waals surface area contributed by atoms with Crippen LogP contribution in [0.2, 0.25) is 0 Å². The van der Waals surface area contributed by atoms with Gasteiger partial charge < -0.3 is 5.32 Å². The van der Waals surface area contributed by atoms with E-state index in [-0.39, 0.29) is 0 Å². The monoisotopic (exact) mass is 215 g/mol. The number of benzene rings is 1. The first kappa shape index (κ1) is 10.7. The van der Waals surface area contributed by atoms with E-state index in [1.54, 1.807) is 0 Å². The summed E-state index contributed by atoms with van der Waals surface area (Å²) in [6.45, 7) is 4.31. The van der Waals surface area contributed by atoms with E-state index in [1.807, 2.05) is 47.3 Å². The number of nitrogens with one attached hydrogen (secondary N) is 1. The van der Waals surface area contributed by atoms with Gasteiger partial charge in [0.15, 0.2) is 0 Å². The molecule has 3 heteroatoms. The van der Waals surface area contributed by atoms with E-state index in [0.717, 1.165) is 17.9 Å². The Labute approximate surface area is 96.1 Å². The highest BCUT2D eigenvalue weighted by atomic mass is 15.3. The number of anilines is 1. The largest absolute Gasteiger partial charge is 0.366 e. The van der Waals surface area contributed by atoms with Crippen LogP contribution in [-0.2, 0) is 0 Å². The lowest BCUT2D eigenvalue weighted by molar-refractivity contribution is 0.753. The van der Waals surface area contributed by atoms with E-state index >= 15 is 0 Å². The van der Waals surface area contributed by atoms with Crippen LogP contribution in [0.15, 0.2) is 42.6 Å². The molecule has 0 radical (unpaired) electrons. The van der Waals surface area contributed by atoms with E-state index in [1.165, 1.54) is 0 Å². The Morgan fingerprint density at radius 2 is 2.00 bits per heavy atom. The van der Waals surface area contributed by atoms with Crippen LogP contribution in [0.4, 0.5) is 5.82 Å². The van der Waals surface area contributed by atoms with Crippen LogP contribution >= 0.6 is 0 Å². The maximum Gasteiger partial charge on any atom is 0.148 e. The summed E-state index contributed by atoms with van der Waals surface area (Å²) in [5, 5.41) is 7.82. The molecule has 1 aromatic heterocycles. The quantitative estimate of drug-likeness (QED) is 0.849. The summed E-state index contributed by atoms with van der Waals surface area (Å²) in [5.41, 5.74) is 1.08. The lowest BCUT2D eigenvalue weighted by Gasteiger charge is -2.09. The molecule has 1 unspecified atom stereocenters. The van der Waals surface area contributed by atoms with Crippen molar-refractivity contribution in [1.29, 1.82) is 0 Å². The number of aromatic nitrogens is 2. The van der Waals surface area contributed by atoms with Gasteiger partial charge in [-0.2, -0.15) is 5.10 Å². The first-order valence-electron chi connectivity index (χ1n) is 5.67. The molecule has 0 saturated heterocycles. The molecule has 2 aromatic rings. The summed E-state index contributed by atoms with van der Waals surface area (Å²) in [6.07, 6.45) is 3.07. The molecule has 2 rings (SSSR count). The zero-order chi connectivity index (χ0) is 11.4. The predicted octanol–water partition coefficient (Wildman–Crippen LogP) is 3.08. The van der Waals surface area contributed by atoms with Crippen LogP contribution in [0.5, 0.6) is 0 Å². The molecule has 0 aliphatic heterocycles. The summed E-state index contributed by atoms with van der Waals surface area (Å²) in [6, 6.07) is 12.6. The smallest absolute Gasteiger partial charge is 0.148 e. The molecule has 0 aliphatic carbocycles. The molecule has 0 spiro atoms. The third kappa shape index (κ3) is 2.42. The standard InChI is InChI=1S/C13H17N3/c1-3-11(2)14-13-9-10-16(15-13)12-7-5-4-6-8-12/h4-11H,3H2,1-2H3,(H,14,15). The molecular weight excluding hydrogens is 198 g/mol. The topological polar surface area (TPSA) is 29.9 Å². The summed E-state index contributed by atoms with van der Waals surface area (Å²) in [7, 11) is 0. The third-order valence-corrected chi connectivity index (χ3v) is 2.62. The molecule has 1 atom stereocenters. The molecule has 3 nitrogen and oxygen atoms in total. The van der Waals surface area contributed by atoms with E-state index in [9.17, 15) is 0 Å². The lowest BCUT2D eigenvalue weighted by atomic mass is 10.3. The second kappa shape index (κ2) is 4.84. The first-order chi connectivity index (χ1) is 7.79. The summed E-state index contributed by atoms with van der Waals surface area (Å²) in [5.74, 6) is 0.929. The van der Waals surface area contributed by atoms with Crippen LogP contribution in [0.25, 0.3) is 5.69 Å². The second-order valence-electron chi connectivity index (χ2n) is 3.93. The van der Waals surface area contributed by atoms with Gasteiger partial charge in [-0.3, -0.25) is 0 Å². The van der Waals surface area contributed by atoms with Crippen molar-refractivity contribution in [3.8, 4) is 5.69 Å². The van der Waals surface area contributed by atoms with Gasteiger partial charge in [0.25, 0.3) is 0 Å². The molecule has 1 aromatic carbocycles. The molecule has 16 heavy (non-hydrogen) atoms. The molecule has 0 fully saturated rings. The average Bonchev–Trinajstić information content (AvgIpc) is 2.78. The highest BCUT2D eigenvalue weighted by Gasteiger charge is 2.02. The zero-order valence-electron chi connectivity index (χ0n) is 9.72. The van der Waals surface area contributed by atoms with Crippen LogP contribution in [0.1, 0.15) is 20.3 Å². The minimum atomic E-state index is 0.458. The number of rotatable bonds is 4. The maximum atomic E-state index is 4.47. The third-order valence-electron chi connectivity index (χ3n) is 2.62. The number of para-hydroxylation sites is 1. The van der Waals surface area contributed by atoms with Crippen molar-refractivity contribution in [1.82, 2.24) is 9.78 Å². The van der Waals surface area contributed by atoms with Gasteiger partial charge in [0.1, 0.15) is 5.82 Å². The minimum Gasteiger partial charge on any atom is -0.366 e. The molecule has 1 N–H and O–H groups in total. The Balaban J connectivity index is 2.14. The number of hydrogen-bond acceptors (Lipinski definition) is 2. The molecule has 1 heterocycles. The van der Waals surface area contributed by atoms with Crippen molar-refractivity contribution in [2.45, 2.75) is 26.3 Å². The van der Waals surface area contributed by atoms with Gasteiger partial charge in [0.05, 0.1) is 5.69 Å². The zero-order valence-corrected chi connectivity index (χ0v) is 9.72. The van der Waals surface area contributed by atoms with Gasteiger partial charge in [-0.05, 0) is 25.5 Å². The molecule has 0 saturated carbocycles. The summed E-state index contributed by atoms with van der Waals surface area (Å²) >= 11 is 0. The van der Waals surface area contributed by atoms with Gasteiger partial charge in [-0.1, -0.05) is 25.1 Å². The van der Waals surface area contributed by atoms with Crippen molar-refractivity contribution >= 4 is 5.82 Å². The fraction of sp³-hybridized carbons (Fsp3) is 0.308. The van der Waals surface area contributed by atoms with E-state index in [2.05, 4.69) is 24.3 Å². The van der Waals surface area contributed by atoms with E-state index in [0.29, 0.717) is 6.04 Å². The van der Waals surface area contributed by atoms with Crippen molar-refractivity contribution in [2.24, 2.45) is 0 Å². The van der Waals surface area contributed by atoms with E-state index < -0.39 is 0 Å². The number of nitrogens with zero attached hydrogens (tertiary/aromatic N) is 2. The van der Waals surface area contributed by atoms with Gasteiger partial charge in [-0.15, -0.1) is 0 Å². The Bertz CT molecular complexity index is 433. The molecule has 0 aliphatic rings. The second-order valence-corrected chi connectivity index (χ2v) is 3.93. The highest BCUT2D eigenvalue weighted by Crippen LogP contribution is 2.11. The maximum absolute atomic E-state index is 4.47. The molecule has 0 amide bonds. The van der Waals surface area contributed by atoms with Gasteiger partial charge in [0, 0.05) is 18.3 Å². The SMILES string of the molecule is CCC(C)Nc1ccn(-c2ccccc2)n1. The summed E-state index contributed by atoms with van der Waals surface area (Å²) in [4.78, 5) is 0. The van der Waals surface area contributed by atoms with Crippen LogP contribution in [-0.4, -0.2) is 15.8 Å². The Hall–Kier alpha value is -1.77. The van der Waals surface area contributed by atoms with Crippen molar-refractivity contribution in [3.05, 3.63) is 42.6 Å². The molecular formula is C13H17N3. The normalized spacial score (nSPS) is 12.4. The van der Waals surface area contributed by atoms with E-state index in [4.69, 9.17) is 0 Å². The molecule has 84 valence electrons. The Morgan fingerprint density at radius 1 is 1.25 bits per heavy atom. The molecule has 0 bridgehead atoms. The van der Waals surface area contributed by atoms with Crippen LogP contribution < -0.4 is 5.32 Å². The first-order valence-corrected chi connectivity index (χ1v) is 5.67. The lowest BCUT2D eigenvalue weighted by Crippen LogP contribution is -2.13. The van der Waals surface area contributed by atoms with Crippen molar-refractivity contribution < 1.29 is 0 Å². The van der Waals surface area contributed by atoms with Gasteiger partial charge in [-0.25, -0.2) is 4.68 Å². The fourth-order valence-corrected chi connectivity index (χ4v) is 1.48. The fourth-order valence-electron chi connectivity index (χ4n) is 1.48. The van der Waals surface area contributed by atoms with Crippen LogP contribution in [0, 0.1) is 0 Å². The van der Waals surface area contributed by atoms with Crippen LogP contribution in [0.3, 0.4) is 0 Å². The highest BCUT2D eigenvalue weighted by molar-refractivity contribution is 5.38. The Morgan fingerprint density at radius 3 is 2.69 bits per heavy atom. The van der Waals surface area contributed by atoms with Gasteiger partial charge >= 0.3 is 0 Å². The van der Waals surface area contributed by atoms with Crippen molar-refractivity contribution in [2.75, 3.05) is 5.32 Å². The van der Waals surface area contributed by atoms with Gasteiger partial charge in [0.2, 0.25) is 0 Å². The number of hydrogen-bond donors (Lipinski definition) is 1. The summed E-state index contributed by atoms with van der Waals surface area (Å²) < 4.78 is 1.88. The Kier molecular flexibility index (Phi) is 3.25.